The van der Waals surface area contributed by atoms with Crippen LogP contribution in [0.5, 0.6) is 0 Å². The zero-order valence-corrected chi connectivity index (χ0v) is 14.4. The van der Waals surface area contributed by atoms with Crippen LogP contribution in [-0.2, 0) is 19.8 Å². The largest absolute Gasteiger partial charge is 0.481 e. The number of hydrogen-bond donors (Lipinski definition) is 3. The molecule has 0 bridgehead atoms. The zero-order valence-electron chi connectivity index (χ0n) is 14.4. The van der Waals surface area contributed by atoms with Crippen LogP contribution in [0.2, 0.25) is 0 Å². The van der Waals surface area contributed by atoms with Crippen molar-refractivity contribution in [1.29, 1.82) is 0 Å². The lowest BCUT2D eigenvalue weighted by atomic mass is 9.82. The van der Waals surface area contributed by atoms with Gasteiger partial charge < -0.3 is 15.7 Å². The molecule has 1 aliphatic heterocycles. The lowest BCUT2D eigenvalue weighted by Gasteiger charge is -2.29. The Kier molecular flexibility index (Phi) is 4.75. The normalized spacial score (nSPS) is 18.2. The number of amides is 2. The Hall–Kier alpha value is -3.15. The van der Waals surface area contributed by atoms with Gasteiger partial charge in [0.15, 0.2) is 0 Å². The topological polar surface area (TPSA) is 95.5 Å². The number of rotatable bonds is 5. The highest BCUT2D eigenvalue weighted by Gasteiger charge is 2.37. The Bertz CT molecular complexity index is 850. The molecule has 0 saturated carbocycles. The number of aliphatic carboxylic acids is 1. The smallest absolute Gasteiger partial charge is 0.315 e. The van der Waals surface area contributed by atoms with E-state index in [4.69, 9.17) is 0 Å². The minimum Gasteiger partial charge on any atom is -0.481 e. The molecule has 134 valence electrons. The standard InChI is InChI=1S/C20H20N2O4/c1-20(19(25)26,13-7-3-2-4-8-13)12-21-18(24)15-11-17(23)22-16-10-6-5-9-14(15)16/h2-10,15H,11-12H2,1H3,(H,21,24)(H,22,23)(H,25,26). The number of hydrogen-bond acceptors (Lipinski definition) is 3. The van der Waals surface area contributed by atoms with E-state index in [1.165, 1.54) is 0 Å². The second-order valence-corrected chi connectivity index (χ2v) is 6.61. The van der Waals surface area contributed by atoms with Gasteiger partial charge in [-0.2, -0.15) is 0 Å². The first-order chi connectivity index (χ1) is 12.4. The predicted molar refractivity (Wildman–Crippen MR) is 96.9 cm³/mol. The molecule has 2 aromatic rings. The number of para-hydroxylation sites is 1. The quantitative estimate of drug-likeness (QED) is 0.769. The van der Waals surface area contributed by atoms with Crippen molar-refractivity contribution in [1.82, 2.24) is 5.32 Å². The molecule has 0 saturated heterocycles. The molecule has 26 heavy (non-hydrogen) atoms. The fourth-order valence-corrected chi connectivity index (χ4v) is 3.14. The minimum atomic E-state index is -1.26. The molecule has 2 aromatic carbocycles. The second-order valence-electron chi connectivity index (χ2n) is 6.61. The lowest BCUT2D eigenvalue weighted by molar-refractivity contribution is -0.143. The molecule has 0 radical (unpaired) electrons. The van der Waals surface area contributed by atoms with E-state index in [9.17, 15) is 19.5 Å². The van der Waals surface area contributed by atoms with Gasteiger partial charge in [0.1, 0.15) is 5.41 Å². The van der Waals surface area contributed by atoms with Crippen molar-refractivity contribution in [2.24, 2.45) is 0 Å². The summed E-state index contributed by atoms with van der Waals surface area (Å²) in [4.78, 5) is 36.5. The van der Waals surface area contributed by atoms with Crippen molar-refractivity contribution >= 4 is 23.5 Å². The van der Waals surface area contributed by atoms with Gasteiger partial charge in [0, 0.05) is 18.7 Å². The number of carbonyl (C=O) groups excluding carboxylic acids is 2. The average molecular weight is 352 g/mol. The first kappa shape index (κ1) is 17.7. The third-order valence-electron chi connectivity index (χ3n) is 4.82. The van der Waals surface area contributed by atoms with E-state index < -0.39 is 17.3 Å². The Morgan fingerprint density at radius 1 is 1.15 bits per heavy atom. The van der Waals surface area contributed by atoms with Crippen LogP contribution in [0.4, 0.5) is 5.69 Å². The third kappa shape index (κ3) is 3.31. The SMILES string of the molecule is CC(CNC(=O)C1CC(=O)Nc2ccccc21)(C(=O)O)c1ccccc1. The Labute approximate surface area is 151 Å². The Morgan fingerprint density at radius 3 is 2.50 bits per heavy atom. The van der Waals surface area contributed by atoms with Gasteiger partial charge in [0.05, 0.1) is 5.92 Å². The molecule has 1 aliphatic rings. The maximum Gasteiger partial charge on any atom is 0.315 e. The van der Waals surface area contributed by atoms with Gasteiger partial charge in [-0.15, -0.1) is 0 Å². The number of benzene rings is 2. The van der Waals surface area contributed by atoms with E-state index in [1.807, 2.05) is 12.1 Å². The molecular formula is C20H20N2O4. The second kappa shape index (κ2) is 7.00. The molecular weight excluding hydrogens is 332 g/mol. The first-order valence-corrected chi connectivity index (χ1v) is 8.37. The van der Waals surface area contributed by atoms with Crippen molar-refractivity contribution in [2.75, 3.05) is 11.9 Å². The number of carbonyl (C=O) groups is 3. The molecule has 0 aromatic heterocycles. The summed E-state index contributed by atoms with van der Waals surface area (Å²) >= 11 is 0. The van der Waals surface area contributed by atoms with Crippen LogP contribution in [0.25, 0.3) is 0 Å². The fourth-order valence-electron chi connectivity index (χ4n) is 3.14. The molecule has 1 heterocycles. The third-order valence-corrected chi connectivity index (χ3v) is 4.82. The van der Waals surface area contributed by atoms with Crippen molar-refractivity contribution in [3.05, 3.63) is 65.7 Å². The highest BCUT2D eigenvalue weighted by molar-refractivity contribution is 6.01. The van der Waals surface area contributed by atoms with Gasteiger partial charge in [0.25, 0.3) is 0 Å². The molecule has 0 aliphatic carbocycles. The average Bonchev–Trinajstić information content (AvgIpc) is 2.65. The van der Waals surface area contributed by atoms with E-state index in [1.54, 1.807) is 49.4 Å². The lowest BCUT2D eigenvalue weighted by Crippen LogP contribution is -2.46. The predicted octanol–water partition coefficient (Wildman–Crippen LogP) is 2.27. The summed E-state index contributed by atoms with van der Waals surface area (Å²) in [5.74, 6) is -2.23. The van der Waals surface area contributed by atoms with Gasteiger partial charge in [-0.25, -0.2) is 0 Å². The van der Waals surface area contributed by atoms with E-state index >= 15 is 0 Å². The van der Waals surface area contributed by atoms with Crippen molar-refractivity contribution < 1.29 is 19.5 Å². The van der Waals surface area contributed by atoms with Gasteiger partial charge in [-0.3, -0.25) is 14.4 Å². The summed E-state index contributed by atoms with van der Waals surface area (Å²) in [6.07, 6.45) is 0.0397. The summed E-state index contributed by atoms with van der Waals surface area (Å²) in [5.41, 5.74) is 0.705. The van der Waals surface area contributed by atoms with Gasteiger partial charge in [-0.05, 0) is 24.1 Å². The summed E-state index contributed by atoms with van der Waals surface area (Å²) < 4.78 is 0. The summed E-state index contributed by atoms with van der Waals surface area (Å²) in [6, 6.07) is 15.9. The first-order valence-electron chi connectivity index (χ1n) is 8.37. The number of fused-ring (bicyclic) bond motifs is 1. The maximum absolute atomic E-state index is 12.7. The maximum atomic E-state index is 12.7. The van der Waals surface area contributed by atoms with E-state index in [0.717, 1.165) is 5.56 Å². The van der Waals surface area contributed by atoms with Crippen LogP contribution < -0.4 is 10.6 Å². The number of carboxylic acids is 1. The van der Waals surface area contributed by atoms with E-state index in [-0.39, 0.29) is 24.8 Å². The van der Waals surface area contributed by atoms with Crippen molar-refractivity contribution in [3.63, 3.8) is 0 Å². The molecule has 6 heteroatoms. The Balaban J connectivity index is 1.80. The van der Waals surface area contributed by atoms with Crippen LogP contribution in [0.3, 0.4) is 0 Å². The van der Waals surface area contributed by atoms with E-state index in [0.29, 0.717) is 11.3 Å². The van der Waals surface area contributed by atoms with Gasteiger partial charge in [-0.1, -0.05) is 48.5 Å². The van der Waals surface area contributed by atoms with Gasteiger partial charge in [0.2, 0.25) is 11.8 Å². The molecule has 3 N–H and O–H groups in total. The highest BCUT2D eigenvalue weighted by atomic mass is 16.4. The van der Waals surface area contributed by atoms with E-state index in [2.05, 4.69) is 10.6 Å². The molecule has 0 fully saturated rings. The summed E-state index contributed by atoms with van der Waals surface area (Å²) in [6.45, 7) is 1.51. The van der Waals surface area contributed by atoms with Crippen LogP contribution in [0.1, 0.15) is 30.4 Å². The number of carboxylic acid groups (broad SMARTS) is 1. The molecule has 0 spiro atoms. The minimum absolute atomic E-state index is 0.0397. The molecule has 3 rings (SSSR count). The van der Waals surface area contributed by atoms with Crippen LogP contribution in [0.15, 0.2) is 54.6 Å². The number of anilines is 1. The van der Waals surface area contributed by atoms with Crippen LogP contribution in [0, 0.1) is 0 Å². The van der Waals surface area contributed by atoms with Gasteiger partial charge >= 0.3 is 5.97 Å². The number of nitrogens with one attached hydrogen (secondary N) is 2. The highest BCUT2D eigenvalue weighted by Crippen LogP contribution is 2.32. The molecule has 2 atom stereocenters. The zero-order chi connectivity index (χ0) is 18.7. The summed E-state index contributed by atoms with van der Waals surface area (Å²) in [7, 11) is 0. The van der Waals surface area contributed by atoms with Crippen molar-refractivity contribution in [3.8, 4) is 0 Å². The molecule has 2 amide bonds. The van der Waals surface area contributed by atoms with Crippen molar-refractivity contribution in [2.45, 2.75) is 24.7 Å². The monoisotopic (exact) mass is 352 g/mol. The molecule has 6 nitrogen and oxygen atoms in total. The summed E-state index contributed by atoms with van der Waals surface area (Å²) in [5, 5.41) is 15.2. The molecule has 2 unspecified atom stereocenters. The fraction of sp³-hybridized carbons (Fsp3) is 0.250. The Morgan fingerprint density at radius 2 is 1.81 bits per heavy atom. The van der Waals surface area contributed by atoms with Crippen LogP contribution >= 0.6 is 0 Å². The van der Waals surface area contributed by atoms with Crippen LogP contribution in [-0.4, -0.2) is 29.4 Å².